The summed E-state index contributed by atoms with van der Waals surface area (Å²) in [6.07, 6.45) is 3.78. The van der Waals surface area contributed by atoms with Crippen LogP contribution in [0.4, 0.5) is 5.69 Å². The van der Waals surface area contributed by atoms with E-state index in [4.69, 9.17) is 16.3 Å². The zero-order valence-corrected chi connectivity index (χ0v) is 22.0. The number of methoxy groups -OCH3 is 1. The van der Waals surface area contributed by atoms with E-state index >= 15 is 0 Å². The second-order valence-corrected chi connectivity index (χ2v) is 9.38. The van der Waals surface area contributed by atoms with E-state index in [0.717, 1.165) is 28.9 Å². The molecule has 0 fully saturated rings. The Labute approximate surface area is 220 Å². The van der Waals surface area contributed by atoms with Crippen LogP contribution < -0.4 is 10.6 Å². The van der Waals surface area contributed by atoms with Crippen LogP contribution in [0.1, 0.15) is 45.2 Å². The third-order valence-electron chi connectivity index (χ3n) is 5.64. The average molecular weight is 525 g/mol. The van der Waals surface area contributed by atoms with Gasteiger partial charge in [0, 0.05) is 17.0 Å². The minimum Gasteiger partial charge on any atom is -0.467 e. The summed E-state index contributed by atoms with van der Waals surface area (Å²) in [6.45, 7) is 2.05. The second-order valence-electron chi connectivity index (χ2n) is 8.13. The van der Waals surface area contributed by atoms with Gasteiger partial charge < -0.3 is 15.4 Å². The number of carbonyl (C=O) groups excluding carboxylic acids is 3. The molecule has 0 bridgehead atoms. The smallest absolute Gasteiger partial charge is 0.328 e. The number of esters is 1. The Kier molecular flexibility index (Phi) is 9.96. The van der Waals surface area contributed by atoms with Crippen molar-refractivity contribution < 1.29 is 19.1 Å². The lowest BCUT2D eigenvalue weighted by molar-refractivity contribution is -0.142. The lowest BCUT2D eigenvalue weighted by atomic mass is 10.0. The molecule has 2 amide bonds. The summed E-state index contributed by atoms with van der Waals surface area (Å²) >= 11 is 7.77. The maximum atomic E-state index is 12.9. The first kappa shape index (κ1) is 27.3. The number of hydrogen-bond acceptors (Lipinski definition) is 5. The van der Waals surface area contributed by atoms with Crippen molar-refractivity contribution in [3.05, 3.63) is 94.0 Å². The molecule has 1 unspecified atom stereocenters. The molecule has 3 rings (SSSR count). The number of amides is 2. The van der Waals surface area contributed by atoms with Gasteiger partial charge in [-0.15, -0.1) is 11.8 Å². The SMILES string of the molecule is CCCc1cccc(Cl)c1C(=O)Nc1ccc(CC(NC(=O)c2ccccc2SC)C(=O)OC)cc1. The Hall–Kier alpha value is -3.29. The van der Waals surface area contributed by atoms with E-state index in [1.807, 2.05) is 37.4 Å². The molecule has 0 aliphatic carbocycles. The van der Waals surface area contributed by atoms with Crippen LogP contribution in [-0.2, 0) is 22.4 Å². The predicted molar refractivity (Wildman–Crippen MR) is 145 cm³/mol. The van der Waals surface area contributed by atoms with Crippen molar-refractivity contribution in [3.63, 3.8) is 0 Å². The molecule has 6 nitrogen and oxygen atoms in total. The zero-order valence-electron chi connectivity index (χ0n) is 20.5. The zero-order chi connectivity index (χ0) is 26.1. The lowest BCUT2D eigenvalue weighted by Crippen LogP contribution is -2.43. The second kappa shape index (κ2) is 13.1. The average Bonchev–Trinajstić information content (AvgIpc) is 2.89. The van der Waals surface area contributed by atoms with Crippen LogP contribution in [0.2, 0.25) is 5.02 Å². The number of thioether (sulfide) groups is 1. The Bertz CT molecular complexity index is 1230. The number of rotatable bonds is 10. The topological polar surface area (TPSA) is 84.5 Å². The predicted octanol–water partition coefficient (Wildman–Crippen LogP) is 5.78. The Morgan fingerprint density at radius 1 is 0.972 bits per heavy atom. The molecule has 0 aromatic heterocycles. The summed E-state index contributed by atoms with van der Waals surface area (Å²) in [5.74, 6) is -1.16. The summed E-state index contributed by atoms with van der Waals surface area (Å²) in [4.78, 5) is 39.0. The molecule has 0 saturated heterocycles. The van der Waals surface area contributed by atoms with Gasteiger partial charge >= 0.3 is 5.97 Å². The molecule has 36 heavy (non-hydrogen) atoms. The maximum Gasteiger partial charge on any atom is 0.328 e. The van der Waals surface area contributed by atoms with Gasteiger partial charge in [-0.25, -0.2) is 4.79 Å². The largest absolute Gasteiger partial charge is 0.467 e. The molecule has 0 saturated carbocycles. The molecular formula is C28H29ClN2O4S. The fourth-order valence-corrected chi connectivity index (χ4v) is 4.73. The molecule has 0 spiro atoms. The summed E-state index contributed by atoms with van der Waals surface area (Å²) in [6, 6.07) is 18.9. The highest BCUT2D eigenvalue weighted by molar-refractivity contribution is 7.98. The molecule has 0 heterocycles. The van der Waals surface area contributed by atoms with E-state index in [-0.39, 0.29) is 18.2 Å². The monoisotopic (exact) mass is 524 g/mol. The highest BCUT2D eigenvalue weighted by atomic mass is 35.5. The summed E-state index contributed by atoms with van der Waals surface area (Å²) < 4.78 is 4.92. The van der Waals surface area contributed by atoms with Crippen LogP contribution in [0, 0.1) is 0 Å². The minimum absolute atomic E-state index is 0.235. The van der Waals surface area contributed by atoms with Gasteiger partial charge in [0.1, 0.15) is 6.04 Å². The quantitative estimate of drug-likeness (QED) is 0.259. The molecular weight excluding hydrogens is 496 g/mol. The number of hydrogen-bond donors (Lipinski definition) is 2. The minimum atomic E-state index is -0.863. The molecule has 0 radical (unpaired) electrons. The van der Waals surface area contributed by atoms with Gasteiger partial charge in [-0.05, 0) is 54.1 Å². The first-order valence-corrected chi connectivity index (χ1v) is 13.2. The van der Waals surface area contributed by atoms with E-state index < -0.39 is 12.0 Å². The number of carbonyl (C=O) groups is 3. The number of halogens is 1. The first-order valence-electron chi connectivity index (χ1n) is 11.6. The van der Waals surface area contributed by atoms with Gasteiger partial charge in [0.05, 0.1) is 23.3 Å². The summed E-state index contributed by atoms with van der Waals surface area (Å²) in [5.41, 5.74) is 3.27. The third kappa shape index (κ3) is 6.89. The summed E-state index contributed by atoms with van der Waals surface area (Å²) in [5, 5.41) is 6.09. The van der Waals surface area contributed by atoms with Crippen molar-refractivity contribution in [1.82, 2.24) is 5.32 Å². The van der Waals surface area contributed by atoms with Crippen molar-refractivity contribution in [1.29, 1.82) is 0 Å². The highest BCUT2D eigenvalue weighted by Gasteiger charge is 2.24. The van der Waals surface area contributed by atoms with Gasteiger partial charge in [0.2, 0.25) is 0 Å². The lowest BCUT2D eigenvalue weighted by Gasteiger charge is -2.18. The molecule has 0 aliphatic rings. The fourth-order valence-electron chi connectivity index (χ4n) is 3.86. The van der Waals surface area contributed by atoms with Crippen molar-refractivity contribution in [2.75, 3.05) is 18.7 Å². The van der Waals surface area contributed by atoms with E-state index in [2.05, 4.69) is 10.6 Å². The van der Waals surface area contributed by atoms with Crippen LogP contribution in [0.5, 0.6) is 0 Å². The molecule has 2 N–H and O–H groups in total. The Morgan fingerprint density at radius 3 is 2.36 bits per heavy atom. The van der Waals surface area contributed by atoms with E-state index in [1.165, 1.54) is 18.9 Å². The van der Waals surface area contributed by atoms with Gasteiger partial charge in [-0.1, -0.05) is 61.3 Å². The molecule has 3 aromatic rings. The molecule has 8 heteroatoms. The van der Waals surface area contributed by atoms with E-state index in [9.17, 15) is 14.4 Å². The molecule has 188 valence electrons. The van der Waals surface area contributed by atoms with Crippen LogP contribution >= 0.6 is 23.4 Å². The van der Waals surface area contributed by atoms with Gasteiger partial charge in [0.25, 0.3) is 11.8 Å². The first-order chi connectivity index (χ1) is 17.4. The highest BCUT2D eigenvalue weighted by Crippen LogP contribution is 2.24. The summed E-state index contributed by atoms with van der Waals surface area (Å²) in [7, 11) is 1.29. The van der Waals surface area contributed by atoms with E-state index in [1.54, 1.807) is 42.5 Å². The molecule has 1 atom stereocenters. The van der Waals surface area contributed by atoms with Crippen molar-refractivity contribution in [2.45, 2.75) is 37.1 Å². The number of ether oxygens (including phenoxy) is 1. The van der Waals surface area contributed by atoms with Gasteiger partial charge in [0.15, 0.2) is 0 Å². The Morgan fingerprint density at radius 2 is 1.69 bits per heavy atom. The van der Waals surface area contributed by atoms with Gasteiger partial charge in [-0.2, -0.15) is 0 Å². The van der Waals surface area contributed by atoms with Crippen LogP contribution in [-0.4, -0.2) is 37.2 Å². The van der Waals surface area contributed by atoms with Crippen molar-refractivity contribution in [3.8, 4) is 0 Å². The Balaban J connectivity index is 1.72. The number of nitrogens with one attached hydrogen (secondary N) is 2. The third-order valence-corrected chi connectivity index (χ3v) is 6.75. The van der Waals surface area contributed by atoms with Gasteiger partial charge in [-0.3, -0.25) is 9.59 Å². The van der Waals surface area contributed by atoms with Crippen LogP contribution in [0.25, 0.3) is 0 Å². The number of benzene rings is 3. The van der Waals surface area contributed by atoms with Crippen molar-refractivity contribution >= 4 is 46.8 Å². The molecule has 0 aliphatic heterocycles. The number of aryl methyl sites for hydroxylation is 1. The number of anilines is 1. The van der Waals surface area contributed by atoms with Crippen LogP contribution in [0.15, 0.2) is 71.6 Å². The van der Waals surface area contributed by atoms with Crippen molar-refractivity contribution in [2.24, 2.45) is 0 Å². The fraction of sp³-hybridized carbons (Fsp3) is 0.250. The van der Waals surface area contributed by atoms with Crippen LogP contribution in [0.3, 0.4) is 0 Å². The maximum absolute atomic E-state index is 12.9. The van der Waals surface area contributed by atoms with E-state index in [0.29, 0.717) is 21.8 Å². The normalized spacial score (nSPS) is 11.4. The molecule has 3 aromatic carbocycles. The standard InChI is InChI=1S/C28H29ClN2O4S/c1-4-8-19-9-7-11-22(29)25(19)27(33)30-20-15-13-18(14-16-20)17-23(28(34)35-2)31-26(32)21-10-5-6-12-24(21)36-3/h5-7,9-16,23H,4,8,17H2,1-3H3,(H,30,33)(H,31,32).